The molecule has 36 heavy (non-hydrogen) atoms. The van der Waals surface area contributed by atoms with E-state index in [1.165, 1.54) is 23.8 Å². The van der Waals surface area contributed by atoms with Crippen molar-refractivity contribution in [3.05, 3.63) is 58.7 Å². The number of aryl methyl sites for hydroxylation is 1. The summed E-state index contributed by atoms with van der Waals surface area (Å²) in [7, 11) is 1.42. The van der Waals surface area contributed by atoms with E-state index in [0.29, 0.717) is 39.0 Å². The third-order valence-corrected chi connectivity index (χ3v) is 7.82. The summed E-state index contributed by atoms with van der Waals surface area (Å²) >= 11 is 0. The minimum absolute atomic E-state index is 0.140. The minimum atomic E-state index is -0.715. The van der Waals surface area contributed by atoms with Crippen LogP contribution < -0.4 is 4.90 Å². The molecule has 0 aliphatic carbocycles. The van der Waals surface area contributed by atoms with E-state index in [0.717, 1.165) is 35.4 Å². The van der Waals surface area contributed by atoms with Gasteiger partial charge in [0.05, 0.1) is 30.6 Å². The number of carboxylic acid groups (broad SMARTS) is 1. The van der Waals surface area contributed by atoms with Crippen LogP contribution in [0.1, 0.15) is 48.1 Å². The molecule has 0 radical (unpaired) electrons. The lowest BCUT2D eigenvalue weighted by atomic mass is 9.97. The molecule has 3 heterocycles. The molecule has 2 aliphatic heterocycles. The summed E-state index contributed by atoms with van der Waals surface area (Å²) in [6.07, 6.45) is 2.53. The number of nitrogens with zero attached hydrogens (tertiary/aromatic N) is 4. The highest BCUT2D eigenvalue weighted by molar-refractivity contribution is 5.85. The normalized spacial score (nSPS) is 17.2. The molecule has 5 rings (SSSR count). The van der Waals surface area contributed by atoms with Crippen molar-refractivity contribution < 1.29 is 19.4 Å². The summed E-state index contributed by atoms with van der Waals surface area (Å²) < 4.78 is 7.31. The average Bonchev–Trinajstić information content (AvgIpc) is 3.29. The SMILES string of the molecule is COC(=O)N1CCc2ccc3c(nc(N4CCC(C(=O)O)CC4)n3[C@@H](C)Cc3ccccc3C)c2C1. The number of carboxylic acids is 1. The molecule has 0 saturated carbocycles. The van der Waals surface area contributed by atoms with Crippen LogP contribution in [0.3, 0.4) is 0 Å². The predicted molar refractivity (Wildman–Crippen MR) is 138 cm³/mol. The Bertz CT molecular complexity index is 1290. The molecule has 0 spiro atoms. The Kier molecular flexibility index (Phi) is 6.60. The number of carbonyl (C=O) groups is 2. The van der Waals surface area contributed by atoms with Crippen molar-refractivity contribution in [2.75, 3.05) is 31.6 Å². The van der Waals surface area contributed by atoms with Crippen LogP contribution in [0.5, 0.6) is 0 Å². The van der Waals surface area contributed by atoms with Crippen molar-refractivity contribution in [3.8, 4) is 0 Å². The lowest BCUT2D eigenvalue weighted by Gasteiger charge is -2.32. The summed E-state index contributed by atoms with van der Waals surface area (Å²) in [6.45, 7) is 6.79. The lowest BCUT2D eigenvalue weighted by Crippen LogP contribution is -2.38. The van der Waals surface area contributed by atoms with Crippen molar-refractivity contribution in [1.29, 1.82) is 0 Å². The Morgan fingerprint density at radius 1 is 1.14 bits per heavy atom. The minimum Gasteiger partial charge on any atom is -0.481 e. The standard InChI is InChI=1S/C28H34N4O4/c1-18-6-4-5-7-22(18)16-19(2)32-24-9-8-20-10-15-31(28(35)36-3)17-23(20)25(24)29-27(32)30-13-11-21(12-14-30)26(33)34/h4-9,19,21H,10-17H2,1-3H3,(H,33,34)/t19-/m0/s1. The Hall–Kier alpha value is -3.55. The fraction of sp³-hybridized carbons (Fsp3) is 0.464. The highest BCUT2D eigenvalue weighted by Crippen LogP contribution is 2.35. The molecule has 2 aromatic carbocycles. The zero-order valence-electron chi connectivity index (χ0n) is 21.2. The van der Waals surface area contributed by atoms with Crippen LogP contribution in [-0.2, 0) is 28.9 Å². The summed E-state index contributed by atoms with van der Waals surface area (Å²) in [6, 6.07) is 12.9. The monoisotopic (exact) mass is 490 g/mol. The Balaban J connectivity index is 1.57. The van der Waals surface area contributed by atoms with Gasteiger partial charge in [0.25, 0.3) is 0 Å². The molecular formula is C28H34N4O4. The second-order valence-electron chi connectivity index (χ2n) is 10.1. The van der Waals surface area contributed by atoms with Gasteiger partial charge in [-0.05, 0) is 62.3 Å². The first kappa shape index (κ1) is 24.2. The van der Waals surface area contributed by atoms with Gasteiger partial charge in [0, 0.05) is 31.2 Å². The van der Waals surface area contributed by atoms with Gasteiger partial charge in [-0.3, -0.25) is 4.79 Å². The fourth-order valence-corrected chi connectivity index (χ4v) is 5.70. The highest BCUT2D eigenvalue weighted by Gasteiger charge is 2.31. The number of aliphatic carboxylic acids is 1. The molecule has 1 saturated heterocycles. The topological polar surface area (TPSA) is 87.9 Å². The van der Waals surface area contributed by atoms with Crippen LogP contribution in [0.2, 0.25) is 0 Å². The van der Waals surface area contributed by atoms with Crippen LogP contribution in [0.15, 0.2) is 36.4 Å². The molecule has 2 aliphatic rings. The first-order chi connectivity index (χ1) is 17.4. The van der Waals surface area contributed by atoms with E-state index >= 15 is 0 Å². The number of ether oxygens (including phenoxy) is 1. The first-order valence-electron chi connectivity index (χ1n) is 12.7. The average molecular weight is 491 g/mol. The van der Waals surface area contributed by atoms with Gasteiger partial charge in [0.2, 0.25) is 5.95 Å². The van der Waals surface area contributed by atoms with Gasteiger partial charge in [-0.1, -0.05) is 30.3 Å². The maximum atomic E-state index is 12.3. The molecule has 3 aromatic rings. The van der Waals surface area contributed by atoms with Crippen LogP contribution in [-0.4, -0.2) is 58.4 Å². The van der Waals surface area contributed by atoms with Gasteiger partial charge >= 0.3 is 12.1 Å². The van der Waals surface area contributed by atoms with E-state index in [-0.39, 0.29) is 18.1 Å². The molecule has 0 bridgehead atoms. The third-order valence-electron chi connectivity index (χ3n) is 7.82. The van der Waals surface area contributed by atoms with Gasteiger partial charge in [0.1, 0.15) is 0 Å². The van der Waals surface area contributed by atoms with Gasteiger partial charge < -0.3 is 24.2 Å². The second kappa shape index (κ2) is 9.84. The van der Waals surface area contributed by atoms with E-state index in [4.69, 9.17) is 9.72 Å². The number of anilines is 1. The van der Waals surface area contributed by atoms with Gasteiger partial charge in [-0.25, -0.2) is 9.78 Å². The molecular weight excluding hydrogens is 456 g/mol. The number of piperidine rings is 1. The maximum absolute atomic E-state index is 12.3. The van der Waals surface area contributed by atoms with Crippen LogP contribution >= 0.6 is 0 Å². The first-order valence-corrected chi connectivity index (χ1v) is 12.7. The molecule has 1 N–H and O–H groups in total. The molecule has 8 heteroatoms. The van der Waals surface area contributed by atoms with E-state index in [2.05, 4.69) is 59.7 Å². The van der Waals surface area contributed by atoms with Crippen LogP contribution in [0.25, 0.3) is 11.0 Å². The number of fused-ring (bicyclic) bond motifs is 3. The van der Waals surface area contributed by atoms with Gasteiger partial charge in [0.15, 0.2) is 0 Å². The Morgan fingerprint density at radius 3 is 2.58 bits per heavy atom. The van der Waals surface area contributed by atoms with Crippen molar-refractivity contribution >= 4 is 29.0 Å². The summed E-state index contributed by atoms with van der Waals surface area (Å²) in [5, 5.41) is 9.48. The Labute approximate surface area is 211 Å². The van der Waals surface area contributed by atoms with Crippen LogP contribution in [0.4, 0.5) is 10.7 Å². The molecule has 1 atom stereocenters. The number of carbonyl (C=O) groups excluding carboxylic acids is 1. The van der Waals surface area contributed by atoms with Crippen molar-refractivity contribution in [1.82, 2.24) is 14.5 Å². The summed E-state index contributed by atoms with van der Waals surface area (Å²) in [5.41, 5.74) is 6.84. The van der Waals surface area contributed by atoms with E-state index in [9.17, 15) is 14.7 Å². The molecule has 1 aromatic heterocycles. The Morgan fingerprint density at radius 2 is 1.89 bits per heavy atom. The number of methoxy groups -OCH3 is 1. The zero-order valence-corrected chi connectivity index (χ0v) is 21.2. The number of amides is 1. The smallest absolute Gasteiger partial charge is 0.409 e. The van der Waals surface area contributed by atoms with Crippen molar-refractivity contribution in [3.63, 3.8) is 0 Å². The lowest BCUT2D eigenvalue weighted by molar-refractivity contribution is -0.142. The highest BCUT2D eigenvalue weighted by atomic mass is 16.5. The number of hydrogen-bond donors (Lipinski definition) is 1. The molecule has 1 fully saturated rings. The van der Waals surface area contributed by atoms with Crippen LogP contribution in [0, 0.1) is 12.8 Å². The number of benzene rings is 2. The van der Waals surface area contributed by atoms with Crippen molar-refractivity contribution in [2.24, 2.45) is 5.92 Å². The third kappa shape index (κ3) is 4.40. The van der Waals surface area contributed by atoms with Gasteiger partial charge in [-0.2, -0.15) is 0 Å². The maximum Gasteiger partial charge on any atom is 0.409 e. The number of hydrogen-bond acceptors (Lipinski definition) is 5. The quantitative estimate of drug-likeness (QED) is 0.564. The molecule has 190 valence electrons. The molecule has 8 nitrogen and oxygen atoms in total. The molecule has 1 amide bonds. The van der Waals surface area contributed by atoms with E-state index in [1.54, 1.807) is 4.90 Å². The van der Waals surface area contributed by atoms with Gasteiger partial charge in [-0.15, -0.1) is 0 Å². The zero-order chi connectivity index (χ0) is 25.4. The number of aromatic nitrogens is 2. The fourth-order valence-electron chi connectivity index (χ4n) is 5.70. The number of imidazole rings is 1. The van der Waals surface area contributed by atoms with E-state index < -0.39 is 5.97 Å². The predicted octanol–water partition coefficient (Wildman–Crippen LogP) is 4.57. The largest absolute Gasteiger partial charge is 0.481 e. The summed E-state index contributed by atoms with van der Waals surface area (Å²) in [4.78, 5) is 33.0. The van der Waals surface area contributed by atoms with E-state index in [1.807, 2.05) is 0 Å². The number of rotatable bonds is 5. The molecule has 0 unspecified atom stereocenters. The second-order valence-corrected chi connectivity index (χ2v) is 10.1. The summed E-state index contributed by atoms with van der Waals surface area (Å²) in [5.74, 6) is -0.128. The van der Waals surface area contributed by atoms with Crippen molar-refractivity contribution in [2.45, 2.75) is 52.1 Å².